The number of phenols is 1. The van der Waals surface area contributed by atoms with Crippen LogP contribution in [-0.4, -0.2) is 178 Å². The number of hydrogen-bond donors (Lipinski definition) is 16. The molecule has 0 radical (unpaired) electrons. The summed E-state index contributed by atoms with van der Waals surface area (Å²) in [7, 11) is 0. The van der Waals surface area contributed by atoms with Crippen LogP contribution in [0.1, 0.15) is 71.8 Å². The third-order valence-corrected chi connectivity index (χ3v) is 11.1. The van der Waals surface area contributed by atoms with Gasteiger partial charge in [0.15, 0.2) is 0 Å². The van der Waals surface area contributed by atoms with Gasteiger partial charge in [-0.25, -0.2) is 4.79 Å². The summed E-state index contributed by atoms with van der Waals surface area (Å²) in [6, 6.07) is -6.30. The first kappa shape index (κ1) is 58.6. The average Bonchev–Trinajstić information content (AvgIpc) is 3.87. The van der Waals surface area contributed by atoms with Crippen LogP contribution in [0.3, 0.4) is 0 Å². The Kier molecular flexibility index (Phi) is 25.6. The van der Waals surface area contributed by atoms with Crippen LogP contribution >= 0.6 is 0 Å². The zero-order valence-corrected chi connectivity index (χ0v) is 39.2. The Morgan fingerprint density at radius 2 is 1.19 bits per heavy atom. The van der Waals surface area contributed by atoms with Crippen LogP contribution in [0.15, 0.2) is 24.3 Å². The fourth-order valence-electron chi connectivity index (χ4n) is 6.70. The molecule has 1 saturated heterocycles. The number of nitrogens with one attached hydrogen (secondary N) is 10. The second-order valence-corrected chi connectivity index (χ2v) is 16.6. The van der Waals surface area contributed by atoms with Gasteiger partial charge in [0, 0.05) is 6.42 Å². The molecule has 0 aliphatic carbocycles. The highest BCUT2D eigenvalue weighted by atomic mass is 16.4. The topological polar surface area (TPSA) is 418 Å². The fraction of sp³-hybridized carbons (Fsp3) is 0.628. The number of aliphatic hydroxyl groups is 3. The molecule has 1 aliphatic rings. The minimum Gasteiger partial charge on any atom is -0.508 e. The Bertz CT molecular complexity index is 1920. The molecule has 9 amide bonds. The van der Waals surface area contributed by atoms with Crippen molar-refractivity contribution in [2.75, 3.05) is 39.5 Å². The quantitative estimate of drug-likeness (QED) is 0.0319. The lowest BCUT2D eigenvalue weighted by atomic mass is 9.97. The standard InChI is InChI=1S/C43H69N11O15/c1-5-22(2)34(42(67)50-28(9-6-7-15-44)39(64)47-24(4)36(61)53-32(21-57)43(68)69)54-41(66)31(20-56)51-35(60)23(3)48-40(65)29(17-25-11-13-26(58)14-12-25)49-33(59)18-46-37(62)30(19-55)52-38(63)27-10-8-16-45-27/h11-14,22-24,27-32,34,45,55-58H,5-10,15-21,44H2,1-4H3,(H,46,62)(H,47,64)(H,48,65)(H,49,59)(H,50,67)(H,51,60)(H,52,63)(H,53,61)(H,54,66)(H,68,69)/t22-,23-,24-,27-,28-,29-,30-,31-,32-,34-/m0/s1. The molecule has 1 aromatic carbocycles. The highest BCUT2D eigenvalue weighted by molar-refractivity contribution is 5.98. The minimum atomic E-state index is -1.68. The molecule has 2 rings (SSSR count). The summed E-state index contributed by atoms with van der Waals surface area (Å²) in [4.78, 5) is 130. The first-order chi connectivity index (χ1) is 32.7. The van der Waals surface area contributed by atoms with Gasteiger partial charge in [-0.15, -0.1) is 0 Å². The van der Waals surface area contributed by atoms with Crippen LogP contribution in [0.5, 0.6) is 5.75 Å². The summed E-state index contributed by atoms with van der Waals surface area (Å²) in [5, 5.41) is 72.5. The van der Waals surface area contributed by atoms with Gasteiger partial charge in [0.05, 0.1) is 32.4 Å². The Morgan fingerprint density at radius 1 is 0.652 bits per heavy atom. The Labute approximate surface area is 398 Å². The van der Waals surface area contributed by atoms with E-state index in [1.807, 2.05) is 0 Å². The van der Waals surface area contributed by atoms with E-state index in [-0.39, 0.29) is 25.1 Å². The van der Waals surface area contributed by atoms with Crippen molar-refractivity contribution in [1.82, 2.24) is 53.2 Å². The van der Waals surface area contributed by atoms with Crippen LogP contribution in [0.4, 0.5) is 0 Å². The zero-order chi connectivity index (χ0) is 51.8. The smallest absolute Gasteiger partial charge is 0.328 e. The van der Waals surface area contributed by atoms with E-state index in [1.165, 1.54) is 38.1 Å². The number of carbonyl (C=O) groups excluding carboxylic acids is 9. The van der Waals surface area contributed by atoms with Gasteiger partial charge >= 0.3 is 5.97 Å². The van der Waals surface area contributed by atoms with Crippen LogP contribution in [0.2, 0.25) is 0 Å². The molecule has 0 unspecified atom stereocenters. The van der Waals surface area contributed by atoms with Crippen LogP contribution in [-0.2, 0) is 54.4 Å². The lowest BCUT2D eigenvalue weighted by Crippen LogP contribution is -2.61. The van der Waals surface area contributed by atoms with E-state index < -0.39 is 146 Å². The first-order valence-corrected chi connectivity index (χ1v) is 22.7. The molecule has 0 spiro atoms. The van der Waals surface area contributed by atoms with E-state index in [9.17, 15) is 68.4 Å². The lowest BCUT2D eigenvalue weighted by Gasteiger charge is -2.29. The number of aliphatic hydroxyl groups excluding tert-OH is 3. The molecular weight excluding hydrogens is 911 g/mol. The summed E-state index contributed by atoms with van der Waals surface area (Å²) in [5.41, 5.74) is 6.08. The third-order valence-electron chi connectivity index (χ3n) is 11.1. The van der Waals surface area contributed by atoms with Gasteiger partial charge in [-0.2, -0.15) is 0 Å². The maximum absolute atomic E-state index is 13.8. The van der Waals surface area contributed by atoms with Crippen molar-refractivity contribution in [3.05, 3.63) is 29.8 Å². The van der Waals surface area contributed by atoms with E-state index in [4.69, 9.17) is 10.8 Å². The van der Waals surface area contributed by atoms with Crippen LogP contribution < -0.4 is 58.9 Å². The molecule has 26 nitrogen and oxygen atoms in total. The first-order valence-electron chi connectivity index (χ1n) is 22.7. The molecular formula is C43H69N11O15. The number of carboxylic acids is 1. The van der Waals surface area contributed by atoms with Gasteiger partial charge in [0.2, 0.25) is 53.2 Å². The normalized spacial score (nSPS) is 17.1. The Hall–Kier alpha value is -6.48. The van der Waals surface area contributed by atoms with Crippen molar-refractivity contribution in [3.63, 3.8) is 0 Å². The molecule has 1 aliphatic heterocycles. The molecule has 1 aromatic rings. The average molecular weight is 980 g/mol. The summed E-state index contributed by atoms with van der Waals surface area (Å²) in [6.07, 6.45) is 2.29. The predicted octanol–water partition coefficient (Wildman–Crippen LogP) is -6.04. The van der Waals surface area contributed by atoms with E-state index in [2.05, 4.69) is 53.2 Å². The molecule has 1 fully saturated rings. The van der Waals surface area contributed by atoms with E-state index in [0.717, 1.165) is 6.42 Å². The number of rotatable bonds is 30. The molecule has 0 bridgehead atoms. The third kappa shape index (κ3) is 20.0. The molecule has 0 saturated carbocycles. The van der Waals surface area contributed by atoms with E-state index >= 15 is 0 Å². The molecule has 10 atom stereocenters. The van der Waals surface area contributed by atoms with Crippen molar-refractivity contribution in [2.24, 2.45) is 11.7 Å². The summed E-state index contributed by atoms with van der Waals surface area (Å²) >= 11 is 0. The van der Waals surface area contributed by atoms with Gasteiger partial charge in [0.25, 0.3) is 0 Å². The largest absolute Gasteiger partial charge is 0.508 e. The lowest BCUT2D eigenvalue weighted by molar-refractivity contribution is -0.143. The Morgan fingerprint density at radius 3 is 1.71 bits per heavy atom. The number of phenolic OH excluding ortho intramolecular Hbond substituents is 1. The number of benzene rings is 1. The molecule has 69 heavy (non-hydrogen) atoms. The zero-order valence-electron chi connectivity index (χ0n) is 39.2. The Balaban J connectivity index is 2.15. The molecule has 26 heteroatoms. The number of hydrogen-bond acceptors (Lipinski definition) is 16. The number of amides is 9. The monoisotopic (exact) mass is 979 g/mol. The van der Waals surface area contributed by atoms with Crippen LogP contribution in [0, 0.1) is 5.92 Å². The summed E-state index contributed by atoms with van der Waals surface area (Å²) < 4.78 is 0. The van der Waals surface area contributed by atoms with Gasteiger partial charge in [0.1, 0.15) is 54.1 Å². The minimum absolute atomic E-state index is 0.0398. The highest BCUT2D eigenvalue weighted by Gasteiger charge is 2.35. The molecule has 1 heterocycles. The van der Waals surface area contributed by atoms with Crippen molar-refractivity contribution >= 4 is 59.1 Å². The maximum atomic E-state index is 13.8. The molecule has 17 N–H and O–H groups in total. The van der Waals surface area contributed by atoms with Gasteiger partial charge < -0.3 is 84.4 Å². The van der Waals surface area contributed by atoms with E-state index in [0.29, 0.717) is 37.8 Å². The van der Waals surface area contributed by atoms with Crippen molar-refractivity contribution in [3.8, 4) is 5.75 Å². The number of nitrogens with two attached hydrogens (primary N) is 1. The van der Waals surface area contributed by atoms with Crippen molar-refractivity contribution < 1.29 is 73.5 Å². The number of carboxylic acid groups (broad SMARTS) is 1. The van der Waals surface area contributed by atoms with Gasteiger partial charge in [-0.1, -0.05) is 32.4 Å². The second-order valence-electron chi connectivity index (χ2n) is 16.6. The van der Waals surface area contributed by atoms with Crippen molar-refractivity contribution in [2.45, 2.75) is 127 Å². The van der Waals surface area contributed by atoms with Crippen LogP contribution in [0.25, 0.3) is 0 Å². The van der Waals surface area contributed by atoms with Gasteiger partial charge in [-0.05, 0) is 82.7 Å². The number of carbonyl (C=O) groups is 10. The predicted molar refractivity (Wildman–Crippen MR) is 244 cm³/mol. The number of aromatic hydroxyl groups is 1. The maximum Gasteiger partial charge on any atom is 0.328 e. The summed E-state index contributed by atoms with van der Waals surface area (Å²) in [5.74, 6) is -9.91. The fourth-order valence-corrected chi connectivity index (χ4v) is 6.70. The molecule has 0 aromatic heterocycles. The highest BCUT2D eigenvalue weighted by Crippen LogP contribution is 2.13. The van der Waals surface area contributed by atoms with Gasteiger partial charge in [-0.3, -0.25) is 43.2 Å². The van der Waals surface area contributed by atoms with Crippen molar-refractivity contribution in [1.29, 1.82) is 0 Å². The SMILES string of the molecule is CC[C@H](C)[C@H](NC(=O)[C@H](CO)NC(=O)[C@H](C)NC(=O)[C@H](Cc1ccc(O)cc1)NC(=O)CNC(=O)[C@H](CO)NC(=O)[C@@H]1CCCN1)C(=O)N[C@@H](CCCCN)C(=O)N[C@@H](C)C(=O)N[C@@H](CO)C(=O)O. The number of unbranched alkanes of at least 4 members (excludes halogenated alkanes) is 1. The number of aliphatic carboxylic acids is 1. The molecule has 386 valence electrons. The summed E-state index contributed by atoms with van der Waals surface area (Å²) in [6.45, 7) is 3.38. The van der Waals surface area contributed by atoms with E-state index in [1.54, 1.807) is 13.8 Å². The second kappa shape index (κ2) is 30.1.